The number of aliphatic hydroxyl groups excluding tert-OH is 1. The fourth-order valence-corrected chi connectivity index (χ4v) is 3.25. The van der Waals surface area contributed by atoms with Gasteiger partial charge in [0.25, 0.3) is 10.0 Å². The van der Waals surface area contributed by atoms with Gasteiger partial charge in [0.2, 0.25) is 0 Å². The molecule has 2 N–H and O–H groups in total. The molecule has 0 spiro atoms. The lowest BCUT2D eigenvalue weighted by Crippen LogP contribution is -2.13. The SMILES string of the molecule is N#Cc1ccc(Cl)c(S(=O)(=O)Nc2ccc(CO)cc2)c1. The smallest absolute Gasteiger partial charge is 0.263 e. The zero-order valence-corrected chi connectivity index (χ0v) is 12.3. The molecule has 0 fully saturated rings. The molecule has 0 aliphatic heterocycles. The van der Waals surface area contributed by atoms with Crippen molar-refractivity contribution >= 4 is 27.3 Å². The van der Waals surface area contributed by atoms with Crippen molar-refractivity contribution in [1.29, 1.82) is 5.26 Å². The topological polar surface area (TPSA) is 90.2 Å². The van der Waals surface area contributed by atoms with E-state index in [4.69, 9.17) is 22.0 Å². The molecule has 0 saturated heterocycles. The maximum Gasteiger partial charge on any atom is 0.263 e. The van der Waals surface area contributed by atoms with Gasteiger partial charge in [-0.2, -0.15) is 5.26 Å². The molecule has 0 bridgehead atoms. The van der Waals surface area contributed by atoms with Gasteiger partial charge in [-0.1, -0.05) is 23.7 Å². The molecule has 0 aromatic heterocycles. The van der Waals surface area contributed by atoms with Crippen LogP contribution in [0.1, 0.15) is 11.1 Å². The Bertz CT molecular complexity index is 796. The molecule has 0 aliphatic rings. The quantitative estimate of drug-likeness (QED) is 0.905. The molecule has 108 valence electrons. The van der Waals surface area contributed by atoms with Gasteiger partial charge in [0.1, 0.15) is 4.90 Å². The normalized spacial score (nSPS) is 10.9. The fraction of sp³-hybridized carbons (Fsp3) is 0.0714. The number of anilines is 1. The van der Waals surface area contributed by atoms with Crippen LogP contribution in [0.2, 0.25) is 5.02 Å². The van der Waals surface area contributed by atoms with E-state index in [-0.39, 0.29) is 22.1 Å². The number of hydrogen-bond acceptors (Lipinski definition) is 4. The Hall–Kier alpha value is -2.07. The first-order valence-electron chi connectivity index (χ1n) is 5.88. The van der Waals surface area contributed by atoms with E-state index in [0.717, 1.165) is 0 Å². The minimum Gasteiger partial charge on any atom is -0.392 e. The van der Waals surface area contributed by atoms with Crippen molar-refractivity contribution in [2.45, 2.75) is 11.5 Å². The summed E-state index contributed by atoms with van der Waals surface area (Å²) in [6.45, 7) is -0.122. The van der Waals surface area contributed by atoms with Gasteiger partial charge in [0, 0.05) is 5.69 Å². The van der Waals surface area contributed by atoms with Crippen LogP contribution < -0.4 is 4.72 Å². The first-order chi connectivity index (χ1) is 9.96. The summed E-state index contributed by atoms with van der Waals surface area (Å²) in [5.74, 6) is 0. The summed E-state index contributed by atoms with van der Waals surface area (Å²) in [4.78, 5) is -0.158. The number of sulfonamides is 1. The first kappa shape index (κ1) is 15.3. The van der Waals surface area contributed by atoms with E-state index in [1.807, 2.05) is 6.07 Å². The number of nitrogens with one attached hydrogen (secondary N) is 1. The summed E-state index contributed by atoms with van der Waals surface area (Å²) in [5.41, 5.74) is 1.21. The van der Waals surface area contributed by atoms with Crippen molar-refractivity contribution in [3.63, 3.8) is 0 Å². The van der Waals surface area contributed by atoms with Crippen molar-refractivity contribution in [1.82, 2.24) is 0 Å². The minimum absolute atomic E-state index is 0.0356. The van der Waals surface area contributed by atoms with E-state index < -0.39 is 10.0 Å². The summed E-state index contributed by atoms with van der Waals surface area (Å²) in [6.07, 6.45) is 0. The second-order valence-corrected chi connectivity index (χ2v) is 6.28. The van der Waals surface area contributed by atoms with Gasteiger partial charge in [0.15, 0.2) is 0 Å². The fourth-order valence-electron chi connectivity index (χ4n) is 1.67. The number of nitriles is 1. The second kappa shape index (κ2) is 6.14. The van der Waals surface area contributed by atoms with Crippen LogP contribution in [0, 0.1) is 11.3 Å². The molecular formula is C14H11ClN2O3S. The molecule has 0 heterocycles. The Kier molecular flexibility index (Phi) is 4.48. The third-order valence-corrected chi connectivity index (χ3v) is 4.60. The highest BCUT2D eigenvalue weighted by molar-refractivity contribution is 7.92. The zero-order chi connectivity index (χ0) is 15.5. The standard InChI is InChI=1S/C14H11ClN2O3S/c15-13-6-3-11(8-16)7-14(13)21(19,20)17-12-4-1-10(9-18)2-5-12/h1-7,17-18H,9H2. The lowest BCUT2D eigenvalue weighted by atomic mass is 10.2. The van der Waals surface area contributed by atoms with Gasteiger partial charge in [-0.15, -0.1) is 0 Å². The average Bonchev–Trinajstić information content (AvgIpc) is 2.48. The summed E-state index contributed by atoms with van der Waals surface area (Å²) in [7, 11) is -3.89. The minimum atomic E-state index is -3.89. The number of aliphatic hydroxyl groups is 1. The molecule has 0 atom stereocenters. The van der Waals surface area contributed by atoms with Crippen molar-refractivity contribution < 1.29 is 13.5 Å². The lowest BCUT2D eigenvalue weighted by Gasteiger charge is -2.10. The largest absolute Gasteiger partial charge is 0.392 e. The number of benzene rings is 2. The molecule has 0 aliphatic carbocycles. The molecule has 2 rings (SSSR count). The first-order valence-corrected chi connectivity index (χ1v) is 7.74. The third kappa shape index (κ3) is 3.52. The molecule has 2 aromatic rings. The van der Waals surface area contributed by atoms with Gasteiger partial charge >= 0.3 is 0 Å². The molecule has 0 radical (unpaired) electrons. The zero-order valence-electron chi connectivity index (χ0n) is 10.7. The number of rotatable bonds is 4. The van der Waals surface area contributed by atoms with Crippen LogP contribution >= 0.6 is 11.6 Å². The van der Waals surface area contributed by atoms with E-state index >= 15 is 0 Å². The number of nitrogens with zero attached hydrogens (tertiary/aromatic N) is 1. The summed E-state index contributed by atoms with van der Waals surface area (Å²) in [5, 5.41) is 17.8. The third-order valence-electron chi connectivity index (χ3n) is 2.74. The Morgan fingerprint density at radius 1 is 1.19 bits per heavy atom. The average molecular weight is 323 g/mol. The van der Waals surface area contributed by atoms with E-state index in [1.165, 1.54) is 30.3 Å². The predicted molar refractivity (Wildman–Crippen MR) is 79.3 cm³/mol. The highest BCUT2D eigenvalue weighted by Gasteiger charge is 2.18. The number of halogens is 1. The Balaban J connectivity index is 2.36. The number of hydrogen-bond donors (Lipinski definition) is 2. The predicted octanol–water partition coefficient (Wildman–Crippen LogP) is 2.50. The van der Waals surface area contributed by atoms with Crippen LogP contribution in [0.5, 0.6) is 0 Å². The van der Waals surface area contributed by atoms with Gasteiger partial charge < -0.3 is 5.11 Å². The molecule has 7 heteroatoms. The molecule has 0 amide bonds. The van der Waals surface area contributed by atoms with E-state index in [0.29, 0.717) is 11.3 Å². The van der Waals surface area contributed by atoms with Gasteiger partial charge in [-0.25, -0.2) is 8.42 Å². The molecule has 5 nitrogen and oxygen atoms in total. The highest BCUT2D eigenvalue weighted by Crippen LogP contribution is 2.25. The van der Waals surface area contributed by atoms with Gasteiger partial charge in [-0.3, -0.25) is 4.72 Å². The maximum absolute atomic E-state index is 12.3. The van der Waals surface area contributed by atoms with E-state index in [9.17, 15) is 8.42 Å². The maximum atomic E-state index is 12.3. The van der Waals surface area contributed by atoms with Crippen molar-refractivity contribution in [3.8, 4) is 6.07 Å². The summed E-state index contributed by atoms with van der Waals surface area (Å²) >= 11 is 5.89. The molecule has 2 aromatic carbocycles. The van der Waals surface area contributed by atoms with Crippen LogP contribution in [-0.2, 0) is 16.6 Å². The van der Waals surface area contributed by atoms with E-state index in [1.54, 1.807) is 12.1 Å². The summed E-state index contributed by atoms with van der Waals surface area (Å²) < 4.78 is 27.0. The van der Waals surface area contributed by atoms with Crippen LogP contribution in [0.25, 0.3) is 0 Å². The molecule has 0 unspecified atom stereocenters. The monoisotopic (exact) mass is 322 g/mol. The van der Waals surface area contributed by atoms with E-state index in [2.05, 4.69) is 4.72 Å². The second-order valence-electron chi connectivity index (χ2n) is 4.22. The van der Waals surface area contributed by atoms with Crippen LogP contribution in [0.15, 0.2) is 47.4 Å². The van der Waals surface area contributed by atoms with Crippen LogP contribution in [0.4, 0.5) is 5.69 Å². The van der Waals surface area contributed by atoms with Crippen LogP contribution in [0.3, 0.4) is 0 Å². The Morgan fingerprint density at radius 2 is 1.86 bits per heavy atom. The Labute approximate surface area is 127 Å². The lowest BCUT2D eigenvalue weighted by molar-refractivity contribution is 0.282. The molecule has 21 heavy (non-hydrogen) atoms. The van der Waals surface area contributed by atoms with Crippen molar-refractivity contribution in [3.05, 3.63) is 58.6 Å². The Morgan fingerprint density at radius 3 is 2.43 bits per heavy atom. The van der Waals surface area contributed by atoms with Crippen molar-refractivity contribution in [2.75, 3.05) is 4.72 Å². The van der Waals surface area contributed by atoms with Crippen molar-refractivity contribution in [2.24, 2.45) is 0 Å². The molecule has 0 saturated carbocycles. The highest BCUT2D eigenvalue weighted by atomic mass is 35.5. The summed E-state index contributed by atoms with van der Waals surface area (Å²) in [6, 6.07) is 12.2. The molecular weight excluding hydrogens is 312 g/mol. The van der Waals surface area contributed by atoms with Crippen LogP contribution in [-0.4, -0.2) is 13.5 Å². The van der Waals surface area contributed by atoms with Gasteiger partial charge in [0.05, 0.1) is 23.3 Å². The van der Waals surface area contributed by atoms with Gasteiger partial charge in [-0.05, 0) is 35.9 Å².